The molecule has 31 heavy (non-hydrogen) atoms. The van der Waals surface area contributed by atoms with Crippen LogP contribution in [0.1, 0.15) is 35.2 Å². The van der Waals surface area contributed by atoms with Gasteiger partial charge in [0.1, 0.15) is 5.76 Å². The second kappa shape index (κ2) is 8.47. The minimum atomic E-state index is -0.773. The molecule has 5 nitrogen and oxygen atoms in total. The maximum Gasteiger partial charge on any atom is 0.300 e. The summed E-state index contributed by atoms with van der Waals surface area (Å²) in [6.07, 6.45) is 4.11. The number of nitrogens with zero attached hydrogens (tertiary/aromatic N) is 2. The van der Waals surface area contributed by atoms with Crippen LogP contribution in [0, 0.1) is 6.92 Å². The van der Waals surface area contributed by atoms with E-state index in [1.54, 1.807) is 36.7 Å². The molecule has 2 aromatic carbocycles. The normalized spacial score (nSPS) is 17.9. The number of aryl methyl sites for hydroxylation is 2. The Morgan fingerprint density at radius 1 is 1.13 bits per heavy atom. The van der Waals surface area contributed by atoms with Crippen molar-refractivity contribution in [2.24, 2.45) is 0 Å². The summed E-state index contributed by atoms with van der Waals surface area (Å²) >= 11 is 3.45. The van der Waals surface area contributed by atoms with Crippen molar-refractivity contribution in [2.75, 3.05) is 4.90 Å². The van der Waals surface area contributed by atoms with Gasteiger partial charge in [-0.25, -0.2) is 0 Å². The molecule has 1 unspecified atom stereocenters. The molecule has 1 atom stereocenters. The molecule has 3 aromatic rings. The molecule has 1 aliphatic rings. The first-order valence-corrected chi connectivity index (χ1v) is 10.8. The van der Waals surface area contributed by atoms with Crippen molar-refractivity contribution in [3.8, 4) is 0 Å². The summed E-state index contributed by atoms with van der Waals surface area (Å²) in [6, 6.07) is 15.6. The number of halogens is 1. The van der Waals surface area contributed by atoms with Gasteiger partial charge in [-0.15, -0.1) is 0 Å². The number of anilines is 1. The first kappa shape index (κ1) is 21.0. The zero-order valence-electron chi connectivity index (χ0n) is 17.2. The number of ketones is 1. The predicted octanol–water partition coefficient (Wildman–Crippen LogP) is 5.34. The highest BCUT2D eigenvalue weighted by molar-refractivity contribution is 9.10. The molecule has 1 N–H and O–H groups in total. The number of hydrogen-bond donors (Lipinski definition) is 1. The van der Waals surface area contributed by atoms with E-state index in [0.717, 1.165) is 22.0 Å². The summed E-state index contributed by atoms with van der Waals surface area (Å²) in [4.78, 5) is 31.8. The number of aliphatic hydroxyl groups is 1. The monoisotopic (exact) mass is 476 g/mol. The lowest BCUT2D eigenvalue weighted by Gasteiger charge is -2.25. The van der Waals surface area contributed by atoms with E-state index in [2.05, 4.69) is 27.8 Å². The van der Waals surface area contributed by atoms with Gasteiger partial charge in [0, 0.05) is 28.1 Å². The number of Topliss-reactive ketones (excluding diaryl/α,β-unsaturated/α-hetero) is 1. The van der Waals surface area contributed by atoms with Gasteiger partial charge in [0.2, 0.25) is 0 Å². The van der Waals surface area contributed by atoms with Crippen molar-refractivity contribution < 1.29 is 14.7 Å². The minimum absolute atomic E-state index is 0.0549. The van der Waals surface area contributed by atoms with Crippen LogP contribution in [0.3, 0.4) is 0 Å². The average molecular weight is 477 g/mol. The third-order valence-corrected chi connectivity index (χ3v) is 6.39. The van der Waals surface area contributed by atoms with Crippen molar-refractivity contribution in [3.63, 3.8) is 0 Å². The lowest BCUT2D eigenvalue weighted by molar-refractivity contribution is -0.132. The Morgan fingerprint density at radius 2 is 1.87 bits per heavy atom. The Labute approximate surface area is 189 Å². The molecule has 6 heteroatoms. The maximum absolute atomic E-state index is 13.1. The van der Waals surface area contributed by atoms with Crippen molar-refractivity contribution in [2.45, 2.75) is 26.3 Å². The van der Waals surface area contributed by atoms with Gasteiger partial charge >= 0.3 is 0 Å². The van der Waals surface area contributed by atoms with E-state index in [9.17, 15) is 14.7 Å². The van der Waals surface area contributed by atoms with E-state index >= 15 is 0 Å². The van der Waals surface area contributed by atoms with E-state index < -0.39 is 17.7 Å². The Hall–Kier alpha value is -3.25. The number of hydrogen-bond acceptors (Lipinski definition) is 4. The summed E-state index contributed by atoms with van der Waals surface area (Å²) in [5, 5.41) is 11.1. The molecule has 4 rings (SSSR count). The van der Waals surface area contributed by atoms with E-state index in [-0.39, 0.29) is 11.3 Å². The number of carbonyl (C=O) groups excluding carboxylic acids is 2. The standard InChI is InChI=1S/C25H21BrN2O3/c1-3-16-6-9-19(10-7-16)28-22(18-5-4-12-27-14-18)21(24(30)25(28)31)23(29)17-8-11-20(26)15(2)13-17/h4-14,22,29H,3H2,1-2H3/b23-21-. The fourth-order valence-corrected chi connectivity index (χ4v) is 4.04. The van der Waals surface area contributed by atoms with Crippen LogP contribution >= 0.6 is 15.9 Å². The third-order valence-electron chi connectivity index (χ3n) is 5.50. The summed E-state index contributed by atoms with van der Waals surface area (Å²) < 4.78 is 0.893. The Morgan fingerprint density at radius 3 is 2.48 bits per heavy atom. The number of benzene rings is 2. The SMILES string of the molecule is CCc1ccc(N2C(=O)C(=O)/C(=C(\O)c3ccc(Br)c(C)c3)C2c2cccnc2)cc1. The molecular formula is C25H21BrN2O3. The summed E-state index contributed by atoms with van der Waals surface area (Å²) in [6.45, 7) is 3.95. The van der Waals surface area contributed by atoms with Gasteiger partial charge in [0.15, 0.2) is 0 Å². The topological polar surface area (TPSA) is 70.5 Å². The smallest absolute Gasteiger partial charge is 0.300 e. The largest absolute Gasteiger partial charge is 0.507 e. The Bertz CT molecular complexity index is 1190. The Balaban J connectivity index is 1.92. The van der Waals surface area contributed by atoms with Gasteiger partial charge < -0.3 is 5.11 Å². The van der Waals surface area contributed by atoms with Crippen molar-refractivity contribution in [3.05, 3.63) is 99.3 Å². The zero-order valence-corrected chi connectivity index (χ0v) is 18.8. The third kappa shape index (κ3) is 3.79. The van der Waals surface area contributed by atoms with E-state index in [1.807, 2.05) is 37.3 Å². The van der Waals surface area contributed by atoms with Gasteiger partial charge in [-0.05, 0) is 60.4 Å². The number of rotatable bonds is 4. The first-order valence-electron chi connectivity index (χ1n) is 9.98. The van der Waals surface area contributed by atoms with Gasteiger partial charge in [-0.1, -0.05) is 47.1 Å². The van der Waals surface area contributed by atoms with Gasteiger partial charge in [0.05, 0.1) is 11.6 Å². The van der Waals surface area contributed by atoms with Crippen LogP contribution in [0.2, 0.25) is 0 Å². The van der Waals surface area contributed by atoms with E-state index in [0.29, 0.717) is 16.8 Å². The van der Waals surface area contributed by atoms with Crippen molar-refractivity contribution >= 4 is 39.1 Å². The summed E-state index contributed by atoms with van der Waals surface area (Å²) in [7, 11) is 0. The van der Waals surface area contributed by atoms with Crippen LogP contribution in [-0.4, -0.2) is 21.8 Å². The van der Waals surface area contributed by atoms with Gasteiger partial charge in [-0.3, -0.25) is 19.5 Å². The molecule has 1 amide bonds. The van der Waals surface area contributed by atoms with Crippen LogP contribution in [0.4, 0.5) is 5.69 Å². The molecule has 0 radical (unpaired) electrons. The van der Waals surface area contributed by atoms with Crippen LogP contribution < -0.4 is 4.90 Å². The molecule has 1 aliphatic heterocycles. The second-order valence-electron chi connectivity index (χ2n) is 7.44. The minimum Gasteiger partial charge on any atom is -0.507 e. The fourth-order valence-electron chi connectivity index (χ4n) is 3.79. The van der Waals surface area contributed by atoms with E-state index in [1.165, 1.54) is 4.90 Å². The van der Waals surface area contributed by atoms with Crippen molar-refractivity contribution in [1.29, 1.82) is 0 Å². The lowest BCUT2D eigenvalue weighted by Crippen LogP contribution is -2.29. The lowest BCUT2D eigenvalue weighted by atomic mass is 9.95. The molecule has 0 saturated carbocycles. The molecule has 2 heterocycles. The zero-order chi connectivity index (χ0) is 22.1. The number of carbonyl (C=O) groups is 2. The highest BCUT2D eigenvalue weighted by Crippen LogP contribution is 2.42. The van der Waals surface area contributed by atoms with Gasteiger partial charge in [-0.2, -0.15) is 0 Å². The highest BCUT2D eigenvalue weighted by Gasteiger charge is 2.47. The fraction of sp³-hybridized carbons (Fsp3) is 0.160. The number of aromatic nitrogens is 1. The molecule has 0 spiro atoms. The van der Waals surface area contributed by atoms with E-state index in [4.69, 9.17) is 0 Å². The van der Waals surface area contributed by atoms with Crippen molar-refractivity contribution in [1.82, 2.24) is 4.98 Å². The van der Waals surface area contributed by atoms with Crippen LogP contribution in [0.25, 0.3) is 5.76 Å². The van der Waals surface area contributed by atoms with Crippen LogP contribution in [-0.2, 0) is 16.0 Å². The molecule has 1 saturated heterocycles. The maximum atomic E-state index is 13.1. The predicted molar refractivity (Wildman–Crippen MR) is 124 cm³/mol. The number of aliphatic hydroxyl groups excluding tert-OH is 1. The molecule has 156 valence electrons. The molecule has 0 aliphatic carbocycles. The molecule has 0 bridgehead atoms. The molecular weight excluding hydrogens is 456 g/mol. The highest BCUT2D eigenvalue weighted by atomic mass is 79.9. The number of pyridine rings is 1. The Kier molecular flexibility index (Phi) is 5.74. The quantitative estimate of drug-likeness (QED) is 0.313. The van der Waals surface area contributed by atoms with Crippen LogP contribution in [0.5, 0.6) is 0 Å². The van der Waals surface area contributed by atoms with Crippen LogP contribution in [0.15, 0.2) is 77.0 Å². The number of amides is 1. The first-order chi connectivity index (χ1) is 14.9. The second-order valence-corrected chi connectivity index (χ2v) is 8.29. The van der Waals surface area contributed by atoms with Gasteiger partial charge in [0.25, 0.3) is 11.7 Å². The summed E-state index contributed by atoms with van der Waals surface area (Å²) in [5.74, 6) is -1.59. The summed E-state index contributed by atoms with van der Waals surface area (Å²) in [5.41, 5.74) is 3.82. The average Bonchev–Trinajstić information content (AvgIpc) is 3.06. The molecule has 1 aromatic heterocycles. The molecule has 1 fully saturated rings.